The Morgan fingerprint density at radius 2 is 1.76 bits per heavy atom. The fourth-order valence-electron chi connectivity index (χ4n) is 2.97. The standard InChI is InChI=1S/C23H33N7O7S/c1-21(2,3)35-18(33)23(7,8)37-29-16(15(31)9-12-13(10-25-30-24)26-17(12)32)14-11-38-19(27-14)28-20(34)36-22(4,5)6/h11-13H,9-10H2,1-8H3,(H,26,32)(H,27,28,34)/b29-16-/t12-,13+/m0/s1. The first-order valence-electron chi connectivity index (χ1n) is 11.7. The summed E-state index contributed by atoms with van der Waals surface area (Å²) < 4.78 is 10.6. The van der Waals surface area contributed by atoms with E-state index in [0.29, 0.717) is 0 Å². The molecule has 38 heavy (non-hydrogen) atoms. The van der Waals surface area contributed by atoms with Crippen LogP contribution in [-0.2, 0) is 28.7 Å². The highest BCUT2D eigenvalue weighted by Crippen LogP contribution is 2.24. The van der Waals surface area contributed by atoms with E-state index < -0.39 is 46.6 Å². The third-order valence-electron chi connectivity index (χ3n) is 4.77. The third-order valence-corrected chi connectivity index (χ3v) is 5.53. The van der Waals surface area contributed by atoms with E-state index in [-0.39, 0.29) is 35.4 Å². The number of carbonyl (C=O) groups excluding carboxylic acids is 4. The minimum absolute atomic E-state index is 0.0184. The van der Waals surface area contributed by atoms with Gasteiger partial charge in [0, 0.05) is 29.3 Å². The number of β-lactam (4-membered cyclic amide) rings is 1. The van der Waals surface area contributed by atoms with Crippen molar-refractivity contribution >= 4 is 45.9 Å². The number of nitrogens with one attached hydrogen (secondary N) is 2. The van der Waals surface area contributed by atoms with Crippen LogP contribution in [-0.4, -0.2) is 63.8 Å². The molecular formula is C23H33N7O7S. The van der Waals surface area contributed by atoms with E-state index in [2.05, 4.69) is 30.8 Å². The zero-order chi connectivity index (χ0) is 28.9. The molecular weight excluding hydrogens is 518 g/mol. The lowest BCUT2D eigenvalue weighted by Crippen LogP contribution is -2.60. The second-order valence-electron chi connectivity index (χ2n) is 11.0. The number of thiazole rings is 1. The first-order chi connectivity index (χ1) is 17.4. The number of amides is 2. The summed E-state index contributed by atoms with van der Waals surface area (Å²) in [7, 11) is 0. The smallest absolute Gasteiger partial charge is 0.413 e. The summed E-state index contributed by atoms with van der Waals surface area (Å²) in [5.41, 5.74) is 5.26. The molecule has 14 nitrogen and oxygen atoms in total. The fraction of sp³-hybridized carbons (Fsp3) is 0.652. The molecule has 0 aliphatic carbocycles. The van der Waals surface area contributed by atoms with E-state index in [9.17, 15) is 19.2 Å². The van der Waals surface area contributed by atoms with Crippen LogP contribution in [0.1, 0.15) is 67.5 Å². The van der Waals surface area contributed by atoms with E-state index in [1.165, 1.54) is 19.2 Å². The third kappa shape index (κ3) is 8.99. The summed E-state index contributed by atoms with van der Waals surface area (Å²) in [5, 5.41) is 14.1. The molecule has 0 bridgehead atoms. The zero-order valence-electron chi connectivity index (χ0n) is 22.6. The number of rotatable bonds is 10. The van der Waals surface area contributed by atoms with Crippen molar-refractivity contribution in [2.75, 3.05) is 11.9 Å². The first kappa shape index (κ1) is 30.5. The van der Waals surface area contributed by atoms with Crippen LogP contribution < -0.4 is 10.6 Å². The number of hydrogen-bond acceptors (Lipinski definition) is 11. The summed E-state index contributed by atoms with van der Waals surface area (Å²) in [5.74, 6) is -2.45. The SMILES string of the molecule is CC(C)(C)OC(=O)Nc1nc(/C(=N/OC(C)(C)C(=O)OC(C)(C)C)C(=O)C[C@@H]2C(=O)N[C@@H]2CN=[N+]=[N-])cs1. The zero-order valence-corrected chi connectivity index (χ0v) is 23.5. The van der Waals surface area contributed by atoms with Crippen molar-refractivity contribution in [3.05, 3.63) is 21.5 Å². The summed E-state index contributed by atoms with van der Waals surface area (Å²) >= 11 is 1.01. The molecule has 2 amide bonds. The number of azide groups is 1. The van der Waals surface area contributed by atoms with Crippen LogP contribution in [0, 0.1) is 5.92 Å². The summed E-state index contributed by atoms with van der Waals surface area (Å²) in [6, 6.07) is -0.512. The number of carbonyl (C=O) groups is 4. The minimum Gasteiger partial charge on any atom is -0.457 e. The molecule has 1 fully saturated rings. The Morgan fingerprint density at radius 3 is 2.32 bits per heavy atom. The van der Waals surface area contributed by atoms with Crippen LogP contribution in [0.15, 0.2) is 15.7 Å². The van der Waals surface area contributed by atoms with Crippen molar-refractivity contribution < 1.29 is 33.5 Å². The highest BCUT2D eigenvalue weighted by molar-refractivity contribution is 7.14. The van der Waals surface area contributed by atoms with Crippen LogP contribution in [0.25, 0.3) is 10.4 Å². The van der Waals surface area contributed by atoms with Crippen LogP contribution in [0.2, 0.25) is 0 Å². The molecule has 0 spiro atoms. The van der Waals surface area contributed by atoms with Crippen molar-refractivity contribution in [2.24, 2.45) is 16.2 Å². The highest BCUT2D eigenvalue weighted by atomic mass is 32.1. The van der Waals surface area contributed by atoms with Gasteiger partial charge >= 0.3 is 12.1 Å². The summed E-state index contributed by atoms with van der Waals surface area (Å²) in [4.78, 5) is 62.4. The number of nitrogens with zero attached hydrogens (tertiary/aromatic N) is 5. The Morgan fingerprint density at radius 1 is 1.13 bits per heavy atom. The number of esters is 1. The second-order valence-corrected chi connectivity index (χ2v) is 11.8. The van der Waals surface area contributed by atoms with Gasteiger partial charge in [-0.05, 0) is 60.9 Å². The van der Waals surface area contributed by atoms with Gasteiger partial charge in [-0.3, -0.25) is 14.9 Å². The lowest BCUT2D eigenvalue weighted by molar-refractivity contribution is -0.179. The van der Waals surface area contributed by atoms with Gasteiger partial charge in [-0.2, -0.15) is 0 Å². The number of ketones is 1. The Balaban J connectivity index is 2.31. The van der Waals surface area contributed by atoms with E-state index in [1.54, 1.807) is 41.5 Å². The number of oxime groups is 1. The number of Topliss-reactive ketones (excluding diaryl/α,β-unsaturated/α-hetero) is 1. The molecule has 2 atom stereocenters. The summed E-state index contributed by atoms with van der Waals surface area (Å²) in [6.45, 7) is 13.1. The van der Waals surface area contributed by atoms with E-state index in [1.807, 2.05) is 0 Å². The maximum Gasteiger partial charge on any atom is 0.413 e. The molecule has 1 aliphatic heterocycles. The minimum atomic E-state index is -1.57. The van der Waals surface area contributed by atoms with Crippen LogP contribution in [0.4, 0.5) is 9.93 Å². The quantitative estimate of drug-likeness (QED) is 0.0834. The lowest BCUT2D eigenvalue weighted by atomic mass is 9.85. The molecule has 0 aromatic carbocycles. The first-order valence-corrected chi connectivity index (χ1v) is 12.6. The average Bonchev–Trinajstić information content (AvgIpc) is 3.20. The van der Waals surface area contributed by atoms with Crippen LogP contribution in [0.5, 0.6) is 0 Å². The fourth-order valence-corrected chi connectivity index (χ4v) is 3.66. The Hall–Kier alpha value is -3.71. The Kier molecular flexibility index (Phi) is 9.46. The van der Waals surface area contributed by atoms with Crippen molar-refractivity contribution in [2.45, 2.75) is 84.7 Å². The Bertz CT molecular complexity index is 1160. The molecule has 208 valence electrons. The van der Waals surface area contributed by atoms with Gasteiger partial charge in [0.15, 0.2) is 16.6 Å². The van der Waals surface area contributed by atoms with Gasteiger partial charge in [0.2, 0.25) is 11.5 Å². The summed E-state index contributed by atoms with van der Waals surface area (Å²) in [6.07, 6.45) is -1.02. The predicted molar refractivity (Wildman–Crippen MR) is 139 cm³/mol. The van der Waals surface area contributed by atoms with Gasteiger partial charge in [0.25, 0.3) is 0 Å². The molecule has 0 saturated carbocycles. The van der Waals surface area contributed by atoms with Gasteiger partial charge in [0.05, 0.1) is 5.92 Å². The molecule has 1 aliphatic rings. The van der Waals surface area contributed by atoms with Crippen molar-refractivity contribution in [1.29, 1.82) is 0 Å². The van der Waals surface area contributed by atoms with Gasteiger partial charge in [0.1, 0.15) is 16.9 Å². The largest absolute Gasteiger partial charge is 0.457 e. The Labute approximate surface area is 224 Å². The van der Waals surface area contributed by atoms with Crippen molar-refractivity contribution in [1.82, 2.24) is 10.3 Å². The molecule has 1 saturated heterocycles. The molecule has 1 aromatic heterocycles. The molecule has 2 heterocycles. The van der Waals surface area contributed by atoms with E-state index >= 15 is 0 Å². The molecule has 1 aromatic rings. The number of hydrogen-bond donors (Lipinski definition) is 2. The van der Waals surface area contributed by atoms with E-state index in [0.717, 1.165) is 11.3 Å². The normalized spacial score (nSPS) is 17.9. The monoisotopic (exact) mass is 551 g/mol. The molecule has 0 radical (unpaired) electrons. The highest BCUT2D eigenvalue weighted by Gasteiger charge is 2.41. The van der Waals surface area contributed by atoms with Crippen LogP contribution >= 0.6 is 11.3 Å². The molecule has 0 unspecified atom stereocenters. The van der Waals surface area contributed by atoms with Crippen molar-refractivity contribution in [3.8, 4) is 0 Å². The second kappa shape index (κ2) is 11.8. The van der Waals surface area contributed by atoms with E-state index in [4.69, 9.17) is 19.8 Å². The lowest BCUT2D eigenvalue weighted by Gasteiger charge is -2.35. The van der Waals surface area contributed by atoms with Gasteiger partial charge < -0.3 is 19.6 Å². The number of ether oxygens (including phenoxy) is 2. The van der Waals surface area contributed by atoms with Gasteiger partial charge in [-0.25, -0.2) is 14.6 Å². The predicted octanol–water partition coefficient (Wildman–Crippen LogP) is 3.72. The maximum absolute atomic E-state index is 13.3. The van der Waals surface area contributed by atoms with Crippen LogP contribution in [0.3, 0.4) is 0 Å². The molecule has 2 N–H and O–H groups in total. The average molecular weight is 552 g/mol. The van der Waals surface area contributed by atoms with Crippen molar-refractivity contribution in [3.63, 3.8) is 0 Å². The topological polar surface area (TPSA) is 194 Å². The van der Waals surface area contributed by atoms with Gasteiger partial charge in [-0.15, -0.1) is 11.3 Å². The molecule has 15 heteroatoms. The van der Waals surface area contributed by atoms with Gasteiger partial charge in [-0.1, -0.05) is 10.3 Å². The maximum atomic E-state index is 13.3. The number of anilines is 1. The number of aromatic nitrogens is 1. The molecule has 2 rings (SSSR count).